The van der Waals surface area contributed by atoms with Gasteiger partial charge in [0.05, 0.1) is 6.61 Å². The van der Waals surface area contributed by atoms with Gasteiger partial charge in [-0.05, 0) is 18.9 Å². The maximum Gasteiger partial charge on any atom is 0.146 e. The Bertz CT molecular complexity index is 349. The van der Waals surface area contributed by atoms with Crippen LogP contribution in [0.5, 0.6) is 5.75 Å². The number of phenols is 1. The summed E-state index contributed by atoms with van der Waals surface area (Å²) in [7, 11) is 0. The highest BCUT2D eigenvalue weighted by Crippen LogP contribution is 2.32. The van der Waals surface area contributed by atoms with E-state index in [2.05, 4.69) is 12.2 Å². The van der Waals surface area contributed by atoms with E-state index >= 15 is 0 Å². The van der Waals surface area contributed by atoms with Gasteiger partial charge in [-0.1, -0.05) is 25.1 Å². The molecule has 90 valence electrons. The average molecular weight is 244 g/mol. The Morgan fingerprint density at radius 3 is 2.69 bits per heavy atom. The van der Waals surface area contributed by atoms with E-state index in [0.717, 1.165) is 18.7 Å². The van der Waals surface area contributed by atoms with Crippen LogP contribution in [0, 0.1) is 5.92 Å². The zero-order chi connectivity index (χ0) is 10.9. The van der Waals surface area contributed by atoms with Crippen LogP contribution in [0.1, 0.15) is 19.4 Å². The van der Waals surface area contributed by atoms with Gasteiger partial charge in [-0.3, -0.25) is 5.32 Å². The third-order valence-corrected chi connectivity index (χ3v) is 2.86. The molecule has 1 aliphatic rings. The van der Waals surface area contributed by atoms with Crippen LogP contribution >= 0.6 is 12.4 Å². The molecule has 1 heterocycles. The Labute approximate surface area is 102 Å². The Balaban J connectivity index is 0.00000128. The Kier molecular flexibility index (Phi) is 4.19. The number of para-hydroxylation sites is 1. The first-order valence-corrected chi connectivity index (χ1v) is 5.29. The van der Waals surface area contributed by atoms with E-state index in [0.29, 0.717) is 5.92 Å². The van der Waals surface area contributed by atoms with E-state index < -0.39 is 5.72 Å². The minimum absolute atomic E-state index is 0. The molecule has 1 saturated heterocycles. The van der Waals surface area contributed by atoms with Crippen molar-refractivity contribution in [3.05, 3.63) is 29.8 Å². The first-order chi connectivity index (χ1) is 7.12. The first kappa shape index (κ1) is 13.3. The summed E-state index contributed by atoms with van der Waals surface area (Å²) in [6, 6.07) is 7.29. The molecular formula is C12H18ClNO2. The number of hydrogen-bond acceptors (Lipinski definition) is 3. The molecule has 16 heavy (non-hydrogen) atoms. The lowest BCUT2D eigenvalue weighted by molar-refractivity contribution is -0.107. The molecule has 0 bridgehead atoms. The lowest BCUT2D eigenvalue weighted by atomic mass is 10.00. The Hall–Kier alpha value is -0.770. The Morgan fingerprint density at radius 2 is 2.12 bits per heavy atom. The number of rotatable bonds is 1. The number of nitrogens with one attached hydrogen (secondary N) is 1. The van der Waals surface area contributed by atoms with E-state index in [1.807, 2.05) is 25.1 Å². The fraction of sp³-hybridized carbons (Fsp3) is 0.500. The summed E-state index contributed by atoms with van der Waals surface area (Å²) in [5.74, 6) is 0.797. The topological polar surface area (TPSA) is 41.5 Å². The third kappa shape index (κ3) is 2.48. The highest BCUT2D eigenvalue weighted by molar-refractivity contribution is 5.85. The molecule has 0 saturated carbocycles. The number of halogens is 1. The monoisotopic (exact) mass is 243 g/mol. The molecule has 0 amide bonds. The van der Waals surface area contributed by atoms with E-state index in [9.17, 15) is 5.11 Å². The van der Waals surface area contributed by atoms with E-state index in [1.54, 1.807) is 6.07 Å². The molecule has 2 atom stereocenters. The van der Waals surface area contributed by atoms with Crippen LogP contribution < -0.4 is 5.32 Å². The molecule has 0 aliphatic carbocycles. The largest absolute Gasteiger partial charge is 0.508 e. The van der Waals surface area contributed by atoms with Crippen LogP contribution in [0.15, 0.2) is 24.3 Å². The lowest BCUT2D eigenvalue weighted by Gasteiger charge is -2.38. The van der Waals surface area contributed by atoms with Gasteiger partial charge in [0, 0.05) is 12.1 Å². The van der Waals surface area contributed by atoms with Crippen molar-refractivity contribution in [3.8, 4) is 5.75 Å². The minimum atomic E-state index is -0.558. The van der Waals surface area contributed by atoms with Crippen molar-refractivity contribution in [3.63, 3.8) is 0 Å². The van der Waals surface area contributed by atoms with Gasteiger partial charge in [0.1, 0.15) is 11.5 Å². The van der Waals surface area contributed by atoms with Crippen LogP contribution in [0.4, 0.5) is 0 Å². The summed E-state index contributed by atoms with van der Waals surface area (Å²) in [4.78, 5) is 0. The molecule has 2 rings (SSSR count). The van der Waals surface area contributed by atoms with Crippen molar-refractivity contribution in [1.29, 1.82) is 0 Å². The summed E-state index contributed by atoms with van der Waals surface area (Å²) < 4.78 is 5.77. The van der Waals surface area contributed by atoms with Gasteiger partial charge in [0.2, 0.25) is 0 Å². The summed E-state index contributed by atoms with van der Waals surface area (Å²) in [5, 5.41) is 13.1. The van der Waals surface area contributed by atoms with Crippen LogP contribution in [0.25, 0.3) is 0 Å². The molecule has 4 heteroatoms. The molecule has 1 aliphatic heterocycles. The van der Waals surface area contributed by atoms with Gasteiger partial charge in [-0.15, -0.1) is 12.4 Å². The van der Waals surface area contributed by atoms with Gasteiger partial charge >= 0.3 is 0 Å². The second-order valence-electron chi connectivity index (χ2n) is 4.35. The quantitative estimate of drug-likeness (QED) is 0.795. The van der Waals surface area contributed by atoms with E-state index in [-0.39, 0.29) is 18.2 Å². The SMILES string of the molecule is CC1CNC(C)(c2ccccc2O)OC1.Cl. The van der Waals surface area contributed by atoms with Crippen molar-refractivity contribution >= 4 is 12.4 Å². The lowest BCUT2D eigenvalue weighted by Crippen LogP contribution is -2.49. The molecule has 0 aromatic heterocycles. The van der Waals surface area contributed by atoms with E-state index in [4.69, 9.17) is 4.74 Å². The predicted molar refractivity (Wildman–Crippen MR) is 65.8 cm³/mol. The van der Waals surface area contributed by atoms with Crippen LogP contribution in [0.3, 0.4) is 0 Å². The van der Waals surface area contributed by atoms with E-state index in [1.165, 1.54) is 0 Å². The van der Waals surface area contributed by atoms with Crippen LogP contribution in [0.2, 0.25) is 0 Å². The van der Waals surface area contributed by atoms with Crippen LogP contribution in [-0.4, -0.2) is 18.3 Å². The zero-order valence-electron chi connectivity index (χ0n) is 9.56. The molecule has 1 aromatic carbocycles. The van der Waals surface area contributed by atoms with Crippen molar-refractivity contribution in [2.45, 2.75) is 19.6 Å². The molecule has 0 radical (unpaired) electrons. The smallest absolute Gasteiger partial charge is 0.146 e. The fourth-order valence-electron chi connectivity index (χ4n) is 1.84. The summed E-state index contributed by atoms with van der Waals surface area (Å²) >= 11 is 0. The average Bonchev–Trinajstić information content (AvgIpc) is 2.23. The molecule has 1 fully saturated rings. The van der Waals surface area contributed by atoms with Crippen molar-refractivity contribution in [1.82, 2.24) is 5.32 Å². The maximum absolute atomic E-state index is 9.77. The minimum Gasteiger partial charge on any atom is -0.508 e. The second-order valence-corrected chi connectivity index (χ2v) is 4.35. The third-order valence-electron chi connectivity index (χ3n) is 2.86. The molecule has 2 N–H and O–H groups in total. The first-order valence-electron chi connectivity index (χ1n) is 5.29. The number of hydrogen-bond donors (Lipinski definition) is 2. The summed E-state index contributed by atoms with van der Waals surface area (Å²) in [5.41, 5.74) is 0.245. The number of phenolic OH excluding ortho intramolecular Hbond substituents is 1. The highest BCUT2D eigenvalue weighted by Gasteiger charge is 2.33. The molecule has 2 unspecified atom stereocenters. The van der Waals surface area contributed by atoms with Gasteiger partial charge in [-0.25, -0.2) is 0 Å². The van der Waals surface area contributed by atoms with Gasteiger partial charge in [0.25, 0.3) is 0 Å². The van der Waals surface area contributed by atoms with Crippen molar-refractivity contribution in [2.75, 3.05) is 13.2 Å². The molecule has 1 aromatic rings. The number of ether oxygens (including phenoxy) is 1. The Morgan fingerprint density at radius 1 is 1.44 bits per heavy atom. The summed E-state index contributed by atoms with van der Waals surface area (Å²) in [6.45, 7) is 5.72. The molecule has 3 nitrogen and oxygen atoms in total. The standard InChI is InChI=1S/C12H17NO2.ClH/c1-9-7-13-12(2,15-8-9)10-5-3-4-6-11(10)14;/h3-6,9,13-14H,7-8H2,1-2H3;1H. The summed E-state index contributed by atoms with van der Waals surface area (Å²) in [6.07, 6.45) is 0. The van der Waals surface area contributed by atoms with Crippen LogP contribution in [-0.2, 0) is 10.5 Å². The van der Waals surface area contributed by atoms with Gasteiger partial charge < -0.3 is 9.84 Å². The van der Waals surface area contributed by atoms with Gasteiger partial charge in [0.15, 0.2) is 0 Å². The number of benzene rings is 1. The number of aromatic hydroxyl groups is 1. The maximum atomic E-state index is 9.77. The highest BCUT2D eigenvalue weighted by atomic mass is 35.5. The predicted octanol–water partition coefficient (Wildman–Crippen LogP) is 2.24. The molecule has 0 spiro atoms. The normalized spacial score (nSPS) is 29.5. The van der Waals surface area contributed by atoms with Crippen molar-refractivity contribution in [2.24, 2.45) is 5.92 Å². The van der Waals surface area contributed by atoms with Crippen molar-refractivity contribution < 1.29 is 9.84 Å². The molecular weight excluding hydrogens is 226 g/mol. The van der Waals surface area contributed by atoms with Gasteiger partial charge in [-0.2, -0.15) is 0 Å². The zero-order valence-corrected chi connectivity index (χ0v) is 10.4. The second kappa shape index (κ2) is 5.04. The fourth-order valence-corrected chi connectivity index (χ4v) is 1.84.